The Hall–Kier alpha value is -1.14. The van der Waals surface area contributed by atoms with E-state index < -0.39 is 0 Å². The lowest BCUT2D eigenvalue weighted by Crippen LogP contribution is -2.44. The Morgan fingerprint density at radius 2 is 2.21 bits per heavy atom. The number of hydrogen-bond donors (Lipinski definition) is 1. The minimum absolute atomic E-state index is 0.114. The number of thiophene rings is 1. The van der Waals surface area contributed by atoms with E-state index in [4.69, 9.17) is 0 Å². The van der Waals surface area contributed by atoms with Gasteiger partial charge in [0.15, 0.2) is 0 Å². The second-order valence-electron chi connectivity index (χ2n) is 6.69. The highest BCUT2D eigenvalue weighted by molar-refractivity contribution is 8.00. The number of fused-ring (bicyclic) bond motifs is 1. The number of rotatable bonds is 5. The van der Waals surface area contributed by atoms with Crippen molar-refractivity contribution in [3.05, 3.63) is 17.3 Å². The summed E-state index contributed by atoms with van der Waals surface area (Å²) in [5, 5.41) is 5.23. The van der Waals surface area contributed by atoms with Crippen molar-refractivity contribution in [3.8, 4) is 0 Å². The molecule has 6 heteroatoms. The molecule has 2 aromatic heterocycles. The third-order valence-corrected chi connectivity index (χ3v) is 7.28. The first-order valence-corrected chi connectivity index (χ1v) is 10.5. The zero-order valence-corrected chi connectivity index (χ0v) is 16.2. The Balaban J connectivity index is 1.61. The first-order valence-electron chi connectivity index (χ1n) is 8.74. The fraction of sp³-hybridized carbons (Fsp3) is 0.611. The molecule has 2 heterocycles. The van der Waals surface area contributed by atoms with E-state index in [0.29, 0.717) is 23.6 Å². The SMILES string of the molecule is CCc1cc2c(SCC(=O)N[C@@H]3CCC[C@@H](C)[C@H]3C)ncnc2s1. The molecule has 1 fully saturated rings. The van der Waals surface area contributed by atoms with Crippen molar-refractivity contribution in [1.82, 2.24) is 15.3 Å². The van der Waals surface area contributed by atoms with Gasteiger partial charge in [0.2, 0.25) is 5.91 Å². The first-order chi connectivity index (χ1) is 11.6. The number of thioether (sulfide) groups is 1. The van der Waals surface area contributed by atoms with E-state index in [0.717, 1.165) is 28.1 Å². The average molecular weight is 364 g/mol. The third kappa shape index (κ3) is 3.91. The molecule has 0 aliphatic heterocycles. The summed E-state index contributed by atoms with van der Waals surface area (Å²) in [6.45, 7) is 6.69. The van der Waals surface area contributed by atoms with E-state index in [9.17, 15) is 4.79 Å². The largest absolute Gasteiger partial charge is 0.352 e. The van der Waals surface area contributed by atoms with Gasteiger partial charge >= 0.3 is 0 Å². The summed E-state index contributed by atoms with van der Waals surface area (Å²) in [4.78, 5) is 23.4. The maximum absolute atomic E-state index is 12.4. The van der Waals surface area contributed by atoms with Crippen LogP contribution in [-0.4, -0.2) is 27.7 Å². The summed E-state index contributed by atoms with van der Waals surface area (Å²) in [6.07, 6.45) is 6.20. The van der Waals surface area contributed by atoms with Crippen molar-refractivity contribution in [2.75, 3.05) is 5.75 Å². The number of carbonyl (C=O) groups excluding carboxylic acids is 1. The summed E-state index contributed by atoms with van der Waals surface area (Å²) >= 11 is 3.23. The number of nitrogens with zero attached hydrogens (tertiary/aromatic N) is 2. The van der Waals surface area contributed by atoms with E-state index in [2.05, 4.69) is 42.1 Å². The Kier molecular flexibility index (Phi) is 5.76. The van der Waals surface area contributed by atoms with Crippen molar-refractivity contribution in [2.24, 2.45) is 11.8 Å². The summed E-state index contributed by atoms with van der Waals surface area (Å²) < 4.78 is 0. The zero-order chi connectivity index (χ0) is 17.1. The van der Waals surface area contributed by atoms with Crippen LogP contribution in [0.25, 0.3) is 10.2 Å². The van der Waals surface area contributed by atoms with Gasteiger partial charge in [0.25, 0.3) is 0 Å². The van der Waals surface area contributed by atoms with Gasteiger partial charge in [0.1, 0.15) is 16.2 Å². The predicted molar refractivity (Wildman–Crippen MR) is 102 cm³/mol. The van der Waals surface area contributed by atoms with Crippen LogP contribution in [-0.2, 0) is 11.2 Å². The van der Waals surface area contributed by atoms with Crippen LogP contribution >= 0.6 is 23.1 Å². The van der Waals surface area contributed by atoms with Gasteiger partial charge in [0, 0.05) is 16.3 Å². The van der Waals surface area contributed by atoms with Crippen LogP contribution in [0.1, 0.15) is 44.9 Å². The quantitative estimate of drug-likeness (QED) is 0.636. The molecule has 0 saturated heterocycles. The fourth-order valence-corrected chi connectivity index (χ4v) is 5.12. The molecule has 3 rings (SSSR count). The van der Waals surface area contributed by atoms with Crippen LogP contribution in [0.5, 0.6) is 0 Å². The lowest BCUT2D eigenvalue weighted by Gasteiger charge is -2.34. The number of aryl methyl sites for hydroxylation is 1. The van der Waals surface area contributed by atoms with Gasteiger partial charge in [-0.25, -0.2) is 9.97 Å². The predicted octanol–water partition coefficient (Wildman–Crippen LogP) is 4.29. The van der Waals surface area contributed by atoms with E-state index >= 15 is 0 Å². The van der Waals surface area contributed by atoms with Crippen LogP contribution in [0.2, 0.25) is 0 Å². The highest BCUT2D eigenvalue weighted by Gasteiger charge is 2.28. The van der Waals surface area contributed by atoms with E-state index in [1.54, 1.807) is 17.7 Å². The number of hydrogen-bond acceptors (Lipinski definition) is 5. The maximum atomic E-state index is 12.4. The van der Waals surface area contributed by atoms with Crippen molar-refractivity contribution in [1.29, 1.82) is 0 Å². The summed E-state index contributed by atoms with van der Waals surface area (Å²) in [7, 11) is 0. The Morgan fingerprint density at radius 3 is 3.00 bits per heavy atom. The molecule has 3 atom stereocenters. The van der Waals surface area contributed by atoms with Crippen molar-refractivity contribution >= 4 is 39.2 Å². The van der Waals surface area contributed by atoms with Gasteiger partial charge < -0.3 is 5.32 Å². The molecular weight excluding hydrogens is 338 g/mol. The molecule has 0 radical (unpaired) electrons. The second-order valence-corrected chi connectivity index (χ2v) is 8.77. The zero-order valence-electron chi connectivity index (χ0n) is 14.5. The van der Waals surface area contributed by atoms with Crippen LogP contribution < -0.4 is 5.32 Å². The smallest absolute Gasteiger partial charge is 0.230 e. The molecule has 0 bridgehead atoms. The highest BCUT2D eigenvalue weighted by atomic mass is 32.2. The fourth-order valence-electron chi connectivity index (χ4n) is 3.34. The molecule has 1 aliphatic carbocycles. The monoisotopic (exact) mass is 363 g/mol. The summed E-state index contributed by atoms with van der Waals surface area (Å²) in [5.41, 5.74) is 0. The Labute approximate surface area is 151 Å². The van der Waals surface area contributed by atoms with E-state index in [1.165, 1.54) is 29.5 Å². The molecule has 1 N–H and O–H groups in total. The van der Waals surface area contributed by atoms with Gasteiger partial charge in [-0.05, 0) is 30.7 Å². The molecular formula is C18H25N3OS2. The van der Waals surface area contributed by atoms with Gasteiger partial charge in [-0.3, -0.25) is 4.79 Å². The lowest BCUT2D eigenvalue weighted by atomic mass is 9.78. The summed E-state index contributed by atoms with van der Waals surface area (Å²) in [5.74, 6) is 1.78. The molecule has 1 aliphatic rings. The van der Waals surface area contributed by atoms with Gasteiger partial charge in [0.05, 0.1) is 5.75 Å². The molecule has 24 heavy (non-hydrogen) atoms. The van der Waals surface area contributed by atoms with E-state index in [1.807, 2.05) is 0 Å². The Morgan fingerprint density at radius 1 is 1.38 bits per heavy atom. The molecule has 1 amide bonds. The molecule has 0 aromatic carbocycles. The van der Waals surface area contributed by atoms with Crippen molar-refractivity contribution in [3.63, 3.8) is 0 Å². The standard InChI is InChI=1S/C18H25N3OS2/c1-4-13-8-14-17(19-10-20-18(14)24-13)23-9-16(22)21-15-7-5-6-11(2)12(15)3/h8,10-12,15H,4-7,9H2,1-3H3,(H,21,22)/t11-,12-,15-/m1/s1. The highest BCUT2D eigenvalue weighted by Crippen LogP contribution is 2.32. The molecule has 4 nitrogen and oxygen atoms in total. The molecule has 2 aromatic rings. The minimum atomic E-state index is 0.114. The second kappa shape index (κ2) is 7.83. The van der Waals surface area contributed by atoms with Crippen LogP contribution in [0, 0.1) is 11.8 Å². The van der Waals surface area contributed by atoms with Crippen molar-refractivity contribution in [2.45, 2.75) is 57.5 Å². The lowest BCUT2D eigenvalue weighted by molar-refractivity contribution is -0.119. The van der Waals surface area contributed by atoms with Crippen molar-refractivity contribution < 1.29 is 4.79 Å². The maximum Gasteiger partial charge on any atom is 0.230 e. The average Bonchev–Trinajstić information content (AvgIpc) is 3.01. The van der Waals surface area contributed by atoms with Gasteiger partial charge in [-0.1, -0.05) is 45.4 Å². The molecule has 0 unspecified atom stereocenters. The number of amides is 1. The number of aromatic nitrogens is 2. The number of carbonyl (C=O) groups is 1. The van der Waals surface area contributed by atoms with Crippen LogP contribution in [0.3, 0.4) is 0 Å². The van der Waals surface area contributed by atoms with E-state index in [-0.39, 0.29) is 5.91 Å². The van der Waals surface area contributed by atoms with Gasteiger partial charge in [-0.15, -0.1) is 11.3 Å². The topological polar surface area (TPSA) is 54.9 Å². The molecule has 1 saturated carbocycles. The van der Waals surface area contributed by atoms with Crippen LogP contribution in [0.15, 0.2) is 17.4 Å². The van der Waals surface area contributed by atoms with Gasteiger partial charge in [-0.2, -0.15) is 0 Å². The number of nitrogens with one attached hydrogen (secondary N) is 1. The molecule has 130 valence electrons. The molecule has 0 spiro atoms. The Bertz CT molecular complexity index is 715. The minimum Gasteiger partial charge on any atom is -0.352 e. The van der Waals surface area contributed by atoms with Crippen LogP contribution in [0.4, 0.5) is 0 Å². The normalized spacial score (nSPS) is 24.2. The summed E-state index contributed by atoms with van der Waals surface area (Å²) in [6, 6.07) is 2.48. The first kappa shape index (κ1) is 17.7. The third-order valence-electron chi connectivity index (χ3n) is 5.09.